The third-order valence-corrected chi connectivity index (χ3v) is 2.81. The van der Waals surface area contributed by atoms with Gasteiger partial charge in [0.05, 0.1) is 34.5 Å². The Morgan fingerprint density at radius 3 is 2.90 bits per heavy atom. The minimum Gasteiger partial charge on any atom is -0.462 e. The molecule has 0 atom stereocenters. The maximum absolute atomic E-state index is 11.6. The van der Waals surface area contributed by atoms with Gasteiger partial charge in [-0.2, -0.15) is 5.10 Å². The first-order valence-corrected chi connectivity index (χ1v) is 6.00. The first-order valence-electron chi connectivity index (χ1n) is 6.00. The molecule has 0 aliphatic carbocycles. The fourth-order valence-corrected chi connectivity index (χ4v) is 1.83. The Morgan fingerprint density at radius 2 is 2.25 bits per heavy atom. The van der Waals surface area contributed by atoms with Crippen LogP contribution in [0.2, 0.25) is 0 Å². The van der Waals surface area contributed by atoms with Crippen molar-refractivity contribution in [3.63, 3.8) is 0 Å². The van der Waals surface area contributed by atoms with Gasteiger partial charge in [0.2, 0.25) is 0 Å². The lowest BCUT2D eigenvalue weighted by atomic mass is 10.1. The molecule has 7 heteroatoms. The number of ether oxygens (including phenoxy) is 1. The van der Waals surface area contributed by atoms with Crippen molar-refractivity contribution in [2.24, 2.45) is 0 Å². The number of carbonyl (C=O) groups excluding carboxylic acids is 1. The summed E-state index contributed by atoms with van der Waals surface area (Å²) in [4.78, 5) is 22.0. The van der Waals surface area contributed by atoms with Gasteiger partial charge in [0.25, 0.3) is 5.69 Å². The van der Waals surface area contributed by atoms with Crippen LogP contribution in [-0.2, 0) is 4.74 Å². The van der Waals surface area contributed by atoms with E-state index in [1.54, 1.807) is 26.0 Å². The highest BCUT2D eigenvalue weighted by Gasteiger charge is 2.16. The highest BCUT2D eigenvalue weighted by Crippen LogP contribution is 2.23. The summed E-state index contributed by atoms with van der Waals surface area (Å²) in [6.45, 7) is 3.63. The normalized spacial score (nSPS) is 10.3. The van der Waals surface area contributed by atoms with Crippen LogP contribution in [0, 0.1) is 17.0 Å². The fraction of sp³-hybridized carbons (Fsp3) is 0.231. The lowest BCUT2D eigenvalue weighted by Crippen LogP contribution is -2.04. The molecular weight excluding hydrogens is 262 g/mol. The minimum absolute atomic E-state index is 0.00989. The summed E-state index contributed by atoms with van der Waals surface area (Å²) >= 11 is 0. The highest BCUT2D eigenvalue weighted by atomic mass is 16.6. The van der Waals surface area contributed by atoms with Crippen molar-refractivity contribution >= 4 is 11.7 Å². The second-order valence-electron chi connectivity index (χ2n) is 4.07. The number of hydrogen-bond acceptors (Lipinski definition) is 5. The molecule has 1 heterocycles. The predicted octanol–water partition coefficient (Wildman–Crippen LogP) is 2.27. The average Bonchev–Trinajstić information content (AvgIpc) is 2.88. The van der Waals surface area contributed by atoms with Gasteiger partial charge in [-0.1, -0.05) is 6.07 Å². The quantitative estimate of drug-likeness (QED) is 0.485. The zero-order valence-electron chi connectivity index (χ0n) is 11.1. The van der Waals surface area contributed by atoms with E-state index >= 15 is 0 Å². The number of hydrogen-bond donors (Lipinski definition) is 0. The van der Waals surface area contributed by atoms with Gasteiger partial charge >= 0.3 is 5.97 Å². The van der Waals surface area contributed by atoms with Crippen molar-refractivity contribution in [1.29, 1.82) is 0 Å². The second kappa shape index (κ2) is 5.52. The number of nitro groups is 1. The van der Waals surface area contributed by atoms with Crippen LogP contribution in [0.25, 0.3) is 5.69 Å². The van der Waals surface area contributed by atoms with E-state index in [-0.39, 0.29) is 12.3 Å². The number of nitrogens with zero attached hydrogens (tertiary/aromatic N) is 3. The molecule has 0 N–H and O–H groups in total. The minimum atomic E-state index is -0.471. The standard InChI is InChI=1S/C13H13N3O4/c1-3-20-13(17)10-7-14-15(8-10)11-5-4-6-12(9(11)2)16(18)19/h4-8H,3H2,1-2H3. The summed E-state index contributed by atoms with van der Waals surface area (Å²) in [7, 11) is 0. The largest absolute Gasteiger partial charge is 0.462 e. The Bertz CT molecular complexity index is 663. The lowest BCUT2D eigenvalue weighted by Gasteiger charge is -2.05. The van der Waals surface area contributed by atoms with E-state index in [0.717, 1.165) is 0 Å². The van der Waals surface area contributed by atoms with E-state index in [4.69, 9.17) is 4.74 Å². The van der Waals surface area contributed by atoms with Crippen LogP contribution in [0.4, 0.5) is 5.69 Å². The average molecular weight is 275 g/mol. The molecule has 2 aromatic rings. The molecule has 0 unspecified atom stereocenters. The maximum atomic E-state index is 11.6. The van der Waals surface area contributed by atoms with Crippen LogP contribution in [0.1, 0.15) is 22.8 Å². The first kappa shape index (κ1) is 13.7. The summed E-state index contributed by atoms with van der Waals surface area (Å²) in [6, 6.07) is 4.70. The first-order chi connectivity index (χ1) is 9.54. The molecule has 2 rings (SSSR count). The van der Waals surface area contributed by atoms with Crippen LogP contribution < -0.4 is 0 Å². The van der Waals surface area contributed by atoms with E-state index in [1.165, 1.54) is 23.1 Å². The van der Waals surface area contributed by atoms with Crippen LogP contribution in [-0.4, -0.2) is 27.3 Å². The van der Waals surface area contributed by atoms with E-state index in [1.807, 2.05) is 0 Å². The Hall–Kier alpha value is -2.70. The molecule has 0 saturated heterocycles. The zero-order valence-corrected chi connectivity index (χ0v) is 11.1. The predicted molar refractivity (Wildman–Crippen MR) is 70.9 cm³/mol. The second-order valence-corrected chi connectivity index (χ2v) is 4.07. The van der Waals surface area contributed by atoms with Crippen molar-refractivity contribution in [2.75, 3.05) is 6.61 Å². The Labute approximate surface area is 114 Å². The molecule has 0 spiro atoms. The van der Waals surface area contributed by atoms with Gasteiger partial charge in [-0.15, -0.1) is 0 Å². The monoisotopic (exact) mass is 275 g/mol. The summed E-state index contributed by atoms with van der Waals surface area (Å²) in [5.41, 5.74) is 1.35. The molecule has 104 valence electrons. The van der Waals surface area contributed by atoms with E-state index in [9.17, 15) is 14.9 Å². The molecule has 20 heavy (non-hydrogen) atoms. The number of benzene rings is 1. The van der Waals surface area contributed by atoms with Crippen molar-refractivity contribution in [1.82, 2.24) is 9.78 Å². The third-order valence-electron chi connectivity index (χ3n) is 2.81. The van der Waals surface area contributed by atoms with Gasteiger partial charge in [-0.3, -0.25) is 10.1 Å². The van der Waals surface area contributed by atoms with Crippen LogP contribution in [0.3, 0.4) is 0 Å². The topological polar surface area (TPSA) is 87.3 Å². The fourth-order valence-electron chi connectivity index (χ4n) is 1.83. The smallest absolute Gasteiger partial charge is 0.341 e. The Kier molecular flexibility index (Phi) is 3.79. The summed E-state index contributed by atoms with van der Waals surface area (Å²) < 4.78 is 6.29. The zero-order chi connectivity index (χ0) is 14.7. The molecule has 0 aliphatic rings. The van der Waals surface area contributed by atoms with E-state index in [2.05, 4.69) is 5.10 Å². The molecular formula is C13H13N3O4. The molecule has 0 fully saturated rings. The van der Waals surface area contributed by atoms with Gasteiger partial charge in [-0.05, 0) is 19.9 Å². The lowest BCUT2D eigenvalue weighted by molar-refractivity contribution is -0.385. The van der Waals surface area contributed by atoms with Crippen LogP contribution in [0.15, 0.2) is 30.6 Å². The van der Waals surface area contributed by atoms with E-state index < -0.39 is 10.9 Å². The van der Waals surface area contributed by atoms with Crippen LogP contribution in [0.5, 0.6) is 0 Å². The molecule has 1 aromatic heterocycles. The summed E-state index contributed by atoms with van der Waals surface area (Å²) in [5, 5.41) is 14.9. The summed E-state index contributed by atoms with van der Waals surface area (Å²) in [5.74, 6) is -0.471. The van der Waals surface area contributed by atoms with Gasteiger partial charge < -0.3 is 4.74 Å². The van der Waals surface area contributed by atoms with E-state index in [0.29, 0.717) is 16.8 Å². The third kappa shape index (κ3) is 2.51. The van der Waals surface area contributed by atoms with Gasteiger partial charge in [-0.25, -0.2) is 9.48 Å². The van der Waals surface area contributed by atoms with Crippen molar-refractivity contribution in [2.45, 2.75) is 13.8 Å². The molecule has 0 aliphatic heterocycles. The number of aromatic nitrogens is 2. The summed E-state index contributed by atoms with van der Waals surface area (Å²) in [6.07, 6.45) is 2.86. The van der Waals surface area contributed by atoms with Gasteiger partial charge in [0.1, 0.15) is 0 Å². The molecule has 1 aromatic carbocycles. The number of carbonyl (C=O) groups is 1. The Morgan fingerprint density at radius 1 is 1.50 bits per heavy atom. The molecule has 0 saturated carbocycles. The van der Waals surface area contributed by atoms with Crippen molar-refractivity contribution in [3.8, 4) is 5.69 Å². The number of rotatable bonds is 4. The molecule has 0 amide bonds. The molecule has 0 radical (unpaired) electrons. The maximum Gasteiger partial charge on any atom is 0.341 e. The molecule has 7 nitrogen and oxygen atoms in total. The van der Waals surface area contributed by atoms with Crippen molar-refractivity contribution in [3.05, 3.63) is 51.8 Å². The highest BCUT2D eigenvalue weighted by molar-refractivity contribution is 5.88. The molecule has 0 bridgehead atoms. The van der Waals surface area contributed by atoms with Crippen LogP contribution >= 0.6 is 0 Å². The SMILES string of the molecule is CCOC(=O)c1cnn(-c2cccc([N+](=O)[O-])c2C)c1. The van der Waals surface area contributed by atoms with Crippen molar-refractivity contribution < 1.29 is 14.5 Å². The number of nitro benzene ring substituents is 1. The Balaban J connectivity index is 2.40. The van der Waals surface area contributed by atoms with Gasteiger partial charge in [0, 0.05) is 12.3 Å². The van der Waals surface area contributed by atoms with Gasteiger partial charge in [0.15, 0.2) is 0 Å². The number of esters is 1.